The van der Waals surface area contributed by atoms with Gasteiger partial charge >= 0.3 is 23.1 Å². The van der Waals surface area contributed by atoms with Crippen LogP contribution in [0.15, 0.2) is 0 Å². The van der Waals surface area contributed by atoms with Crippen LogP contribution in [-0.2, 0) is 10.0 Å². The molecule has 0 saturated heterocycles. The topological polar surface area (TPSA) is 60.2 Å². The fourth-order valence-electron chi connectivity index (χ4n) is 0. The first-order valence-electron chi connectivity index (χ1n) is 0.977. The zero-order chi connectivity index (χ0) is 4.50. The number of rotatable bonds is 0. The Bertz CT molecular complexity index is 103. The van der Waals surface area contributed by atoms with Gasteiger partial charge in [0.15, 0.2) is 0 Å². The Kier molecular flexibility index (Phi) is 4.57. The van der Waals surface area contributed by atoms with Crippen molar-refractivity contribution in [3.63, 3.8) is 0 Å². The monoisotopic (exact) mass is 121 g/mol. The van der Waals surface area contributed by atoms with E-state index in [-0.39, 0.29) is 25.9 Å². The third kappa shape index (κ3) is 138. The van der Waals surface area contributed by atoms with E-state index in [1.165, 1.54) is 0 Å². The van der Waals surface area contributed by atoms with Crippen molar-refractivity contribution in [2.24, 2.45) is 5.14 Å². The molecule has 2 N–H and O–H groups in total. The van der Waals surface area contributed by atoms with Crippen molar-refractivity contribution in [2.45, 2.75) is 0 Å². The summed E-state index contributed by atoms with van der Waals surface area (Å²) in [5.41, 5.74) is 0. The Morgan fingerprint density at radius 3 is 1.67 bits per heavy atom. The van der Waals surface area contributed by atoms with E-state index >= 15 is 0 Å². The van der Waals surface area contributed by atoms with E-state index in [4.69, 9.17) is 0 Å². The van der Waals surface area contributed by atoms with Gasteiger partial charge in [-0.25, -0.2) is 13.6 Å². The number of sulfonamides is 1. The van der Waals surface area contributed by atoms with Crippen LogP contribution >= 0.6 is 0 Å². The molecule has 0 bridgehead atoms. The van der Waals surface area contributed by atoms with Crippen molar-refractivity contribution >= 4 is 33.1 Å². The van der Waals surface area contributed by atoms with Gasteiger partial charge in [-0.15, -0.1) is 0 Å². The Balaban J connectivity index is -0.0000000267. The first kappa shape index (κ1) is 9.84. The normalized spacial score (nSPS) is 9.67. The molecule has 0 aliphatic heterocycles. The summed E-state index contributed by atoms with van der Waals surface area (Å²) < 4.78 is 18.8. The second-order valence-corrected chi connectivity index (χ2v) is 2.49. The van der Waals surface area contributed by atoms with Gasteiger partial charge in [-0.1, -0.05) is 0 Å². The first-order chi connectivity index (χ1) is 2.00. The smallest absolute Gasteiger partial charge is 1.00 e. The van der Waals surface area contributed by atoms with Gasteiger partial charge in [-0.3, -0.25) is 0 Å². The second-order valence-electron chi connectivity index (χ2n) is 0.830. The van der Waals surface area contributed by atoms with Crippen LogP contribution < -0.4 is 5.14 Å². The molecule has 0 unspecified atom stereocenters. The van der Waals surface area contributed by atoms with Crippen LogP contribution in [0.4, 0.5) is 0 Å². The molecule has 6 heavy (non-hydrogen) atoms. The molecule has 0 heterocycles. The van der Waals surface area contributed by atoms with E-state index in [9.17, 15) is 8.42 Å². The number of nitrogens with two attached hydrogens (primary N) is 1. The van der Waals surface area contributed by atoms with Crippen molar-refractivity contribution in [1.29, 1.82) is 0 Å². The van der Waals surface area contributed by atoms with Crippen molar-refractivity contribution in [3.8, 4) is 0 Å². The molecule has 0 atom stereocenters. The van der Waals surface area contributed by atoms with Crippen LogP contribution in [0.3, 0.4) is 0 Å². The van der Waals surface area contributed by atoms with Crippen LogP contribution in [0.2, 0.25) is 0 Å². The fraction of sp³-hybridized carbons (Fsp3) is 1.00. The second kappa shape index (κ2) is 2.78. The van der Waals surface area contributed by atoms with Gasteiger partial charge in [-0.05, 0) is 0 Å². The molecule has 0 amide bonds. The van der Waals surface area contributed by atoms with Crippen LogP contribution in [0.5, 0.6) is 0 Å². The van der Waals surface area contributed by atoms with Crippen molar-refractivity contribution in [2.75, 3.05) is 6.26 Å². The maximum Gasteiger partial charge on any atom is 2.00 e. The van der Waals surface area contributed by atoms with Crippen molar-refractivity contribution in [1.82, 2.24) is 0 Å². The molecule has 36 valence electrons. The summed E-state index contributed by atoms with van der Waals surface area (Å²) in [4.78, 5) is 0. The molecule has 0 radical (unpaired) electrons. The molecule has 0 aromatic carbocycles. The van der Waals surface area contributed by atoms with E-state index in [0.29, 0.717) is 0 Å². The average Bonchev–Trinajstić information content (AvgIpc) is 0.722. The molecular formula is CH7MgNO2S. The summed E-state index contributed by atoms with van der Waals surface area (Å²) in [6, 6.07) is 0. The molecule has 0 aromatic heterocycles. The average molecular weight is 121 g/mol. The molecule has 0 aliphatic rings. The van der Waals surface area contributed by atoms with Crippen LogP contribution in [0.1, 0.15) is 2.85 Å². The zero-order valence-electron chi connectivity index (χ0n) is 5.51. The van der Waals surface area contributed by atoms with Gasteiger partial charge in [0.1, 0.15) is 0 Å². The number of hydrogen-bond donors (Lipinski definition) is 1. The third-order valence-electron chi connectivity index (χ3n) is 0. The van der Waals surface area contributed by atoms with E-state index in [1.807, 2.05) is 0 Å². The predicted molar refractivity (Wildman–Crippen MR) is 27.0 cm³/mol. The number of primary sulfonamides is 1. The van der Waals surface area contributed by atoms with Crippen LogP contribution in [0.25, 0.3) is 0 Å². The Labute approximate surface area is 56.1 Å². The summed E-state index contributed by atoms with van der Waals surface area (Å²) in [6.45, 7) is 0. The number of hydrogen-bond acceptors (Lipinski definition) is 2. The van der Waals surface area contributed by atoms with Gasteiger partial charge in [0.05, 0.1) is 6.26 Å². The zero-order valence-corrected chi connectivity index (χ0v) is 5.74. The summed E-state index contributed by atoms with van der Waals surface area (Å²) in [6.07, 6.45) is 0.938. The predicted octanol–water partition coefficient (Wildman–Crippen LogP) is -1.25. The summed E-state index contributed by atoms with van der Waals surface area (Å²) >= 11 is 0. The summed E-state index contributed by atoms with van der Waals surface area (Å²) in [5.74, 6) is 0. The van der Waals surface area contributed by atoms with Gasteiger partial charge in [-0.2, -0.15) is 0 Å². The maximum absolute atomic E-state index is 9.41. The molecular weight excluding hydrogens is 114 g/mol. The molecule has 0 aromatic rings. The Morgan fingerprint density at radius 2 is 1.67 bits per heavy atom. The summed E-state index contributed by atoms with van der Waals surface area (Å²) in [7, 11) is -3.17. The van der Waals surface area contributed by atoms with Crippen molar-refractivity contribution in [3.05, 3.63) is 0 Å². The summed E-state index contributed by atoms with van der Waals surface area (Å²) in [5, 5.41) is 4.33. The van der Waals surface area contributed by atoms with Crippen molar-refractivity contribution < 1.29 is 11.3 Å². The van der Waals surface area contributed by atoms with Gasteiger partial charge in [0.2, 0.25) is 10.0 Å². The maximum atomic E-state index is 9.41. The minimum atomic E-state index is -3.17. The first-order valence-corrected chi connectivity index (χ1v) is 2.93. The van der Waals surface area contributed by atoms with Gasteiger partial charge in [0, 0.05) is 0 Å². The standard InChI is InChI=1S/CH5NO2S.Mg.2H/c1-5(2,3)4;;;/h1H3,(H2,2,3,4);;;/q;+2;2*-1. The fourth-order valence-corrected chi connectivity index (χ4v) is 0. The molecule has 3 nitrogen and oxygen atoms in total. The molecule has 5 heteroatoms. The van der Waals surface area contributed by atoms with Crippen LogP contribution in [0, 0.1) is 0 Å². The van der Waals surface area contributed by atoms with E-state index < -0.39 is 10.0 Å². The van der Waals surface area contributed by atoms with Gasteiger partial charge < -0.3 is 2.85 Å². The van der Waals surface area contributed by atoms with E-state index in [1.54, 1.807) is 0 Å². The van der Waals surface area contributed by atoms with Gasteiger partial charge in [0.25, 0.3) is 0 Å². The minimum Gasteiger partial charge on any atom is -1.00 e. The molecule has 0 saturated carbocycles. The quantitative estimate of drug-likeness (QED) is 0.407. The molecule has 0 spiro atoms. The molecule has 0 aliphatic carbocycles. The SMILES string of the molecule is CS(N)(=O)=O.[H-].[H-].[Mg+2]. The molecule has 0 fully saturated rings. The largest absolute Gasteiger partial charge is 2.00 e. The van der Waals surface area contributed by atoms with E-state index in [2.05, 4.69) is 5.14 Å². The third-order valence-corrected chi connectivity index (χ3v) is 0. The van der Waals surface area contributed by atoms with E-state index in [0.717, 1.165) is 6.26 Å². The Hall–Kier alpha value is 0.676. The van der Waals surface area contributed by atoms with Crippen LogP contribution in [-0.4, -0.2) is 37.7 Å². The molecule has 0 rings (SSSR count). The Morgan fingerprint density at radius 1 is 1.67 bits per heavy atom. The minimum absolute atomic E-state index is 0.